The van der Waals surface area contributed by atoms with E-state index in [2.05, 4.69) is 12.2 Å². The minimum Gasteiger partial charge on any atom is -0.356 e. The van der Waals surface area contributed by atoms with Crippen LogP contribution in [0.3, 0.4) is 0 Å². The molecular formula is C15H28ClNO. The van der Waals surface area contributed by atoms with Gasteiger partial charge in [0.2, 0.25) is 5.91 Å². The van der Waals surface area contributed by atoms with E-state index < -0.39 is 0 Å². The number of carbonyl (C=O) groups is 1. The molecule has 1 rings (SSSR count). The van der Waals surface area contributed by atoms with Crippen LogP contribution in [0.25, 0.3) is 0 Å². The lowest BCUT2D eigenvalue weighted by molar-refractivity contribution is -0.121. The molecule has 0 aromatic rings. The molecule has 18 heavy (non-hydrogen) atoms. The van der Waals surface area contributed by atoms with Gasteiger partial charge in [-0.15, -0.1) is 11.6 Å². The number of halogens is 1. The zero-order valence-electron chi connectivity index (χ0n) is 11.7. The van der Waals surface area contributed by atoms with Gasteiger partial charge in [-0.1, -0.05) is 39.0 Å². The van der Waals surface area contributed by atoms with Gasteiger partial charge in [-0.2, -0.15) is 0 Å². The van der Waals surface area contributed by atoms with Crippen molar-refractivity contribution >= 4 is 17.5 Å². The third-order valence-corrected chi connectivity index (χ3v) is 4.21. The molecule has 3 heteroatoms. The van der Waals surface area contributed by atoms with Crippen molar-refractivity contribution in [2.24, 2.45) is 5.92 Å². The van der Waals surface area contributed by atoms with Crippen LogP contribution in [0.1, 0.15) is 71.1 Å². The van der Waals surface area contributed by atoms with E-state index in [9.17, 15) is 4.79 Å². The fourth-order valence-electron chi connectivity index (χ4n) is 2.65. The summed E-state index contributed by atoms with van der Waals surface area (Å²) in [6.45, 7) is 3.04. The molecule has 0 radical (unpaired) electrons. The summed E-state index contributed by atoms with van der Waals surface area (Å²) in [5.74, 6) is 0.827. The van der Waals surface area contributed by atoms with Crippen LogP contribution in [0.5, 0.6) is 0 Å². The molecule has 106 valence electrons. The summed E-state index contributed by atoms with van der Waals surface area (Å²) >= 11 is 6.15. The molecule has 2 atom stereocenters. The maximum absolute atomic E-state index is 11.7. The highest BCUT2D eigenvalue weighted by atomic mass is 35.5. The van der Waals surface area contributed by atoms with Crippen molar-refractivity contribution in [3.63, 3.8) is 0 Å². The number of nitrogens with one attached hydrogen (secondary N) is 1. The van der Waals surface area contributed by atoms with Crippen molar-refractivity contribution in [2.75, 3.05) is 6.54 Å². The lowest BCUT2D eigenvalue weighted by atomic mass is 9.89. The Hall–Kier alpha value is -0.240. The number of alkyl halides is 1. The summed E-state index contributed by atoms with van der Waals surface area (Å²) in [6, 6.07) is 0. The molecule has 0 saturated heterocycles. The Kier molecular flexibility index (Phi) is 8.49. The first-order valence-electron chi connectivity index (χ1n) is 7.63. The molecule has 2 unspecified atom stereocenters. The van der Waals surface area contributed by atoms with Crippen LogP contribution in [0.2, 0.25) is 0 Å². The van der Waals surface area contributed by atoms with E-state index in [1.165, 1.54) is 38.5 Å². The topological polar surface area (TPSA) is 29.1 Å². The molecule has 0 aromatic carbocycles. The average molecular weight is 274 g/mol. The first-order chi connectivity index (χ1) is 8.72. The smallest absolute Gasteiger partial charge is 0.220 e. The lowest BCUT2D eigenvalue weighted by Crippen LogP contribution is -2.31. The Morgan fingerprint density at radius 3 is 2.72 bits per heavy atom. The summed E-state index contributed by atoms with van der Waals surface area (Å²) < 4.78 is 0. The van der Waals surface area contributed by atoms with Gasteiger partial charge in [-0.05, 0) is 31.6 Å². The van der Waals surface area contributed by atoms with Gasteiger partial charge in [0.25, 0.3) is 0 Å². The largest absolute Gasteiger partial charge is 0.356 e. The van der Waals surface area contributed by atoms with Gasteiger partial charge in [0.1, 0.15) is 0 Å². The van der Waals surface area contributed by atoms with E-state index in [1.807, 2.05) is 0 Å². The molecule has 0 aromatic heterocycles. The highest BCUT2D eigenvalue weighted by Crippen LogP contribution is 2.27. The third-order valence-electron chi connectivity index (χ3n) is 3.81. The Bertz CT molecular complexity index is 233. The number of hydrogen-bond donors (Lipinski definition) is 1. The molecule has 0 aliphatic heterocycles. The van der Waals surface area contributed by atoms with Crippen molar-refractivity contribution in [2.45, 2.75) is 76.5 Å². The molecular weight excluding hydrogens is 246 g/mol. The first-order valence-corrected chi connectivity index (χ1v) is 8.06. The van der Waals surface area contributed by atoms with Crippen molar-refractivity contribution in [3.8, 4) is 0 Å². The molecule has 0 bridgehead atoms. The fourth-order valence-corrected chi connectivity index (χ4v) is 3.05. The zero-order chi connectivity index (χ0) is 13.2. The SMILES string of the molecule is CCCCCCCC(=O)NCC1CCCC(Cl)C1. The van der Waals surface area contributed by atoms with Gasteiger partial charge in [-0.3, -0.25) is 4.79 Å². The molecule has 1 N–H and O–H groups in total. The van der Waals surface area contributed by atoms with E-state index in [0.717, 1.165) is 25.8 Å². The van der Waals surface area contributed by atoms with E-state index in [4.69, 9.17) is 11.6 Å². The summed E-state index contributed by atoms with van der Waals surface area (Å²) in [5, 5.41) is 3.39. The minimum absolute atomic E-state index is 0.225. The van der Waals surface area contributed by atoms with Gasteiger partial charge < -0.3 is 5.32 Å². The van der Waals surface area contributed by atoms with Gasteiger partial charge in [0.05, 0.1) is 0 Å². The van der Waals surface area contributed by atoms with Gasteiger partial charge >= 0.3 is 0 Å². The van der Waals surface area contributed by atoms with Crippen LogP contribution in [0.4, 0.5) is 0 Å². The second-order valence-electron chi connectivity index (χ2n) is 5.60. The van der Waals surface area contributed by atoms with E-state index in [-0.39, 0.29) is 5.91 Å². The molecule has 0 spiro atoms. The second-order valence-corrected chi connectivity index (χ2v) is 6.22. The Morgan fingerprint density at radius 2 is 2.00 bits per heavy atom. The predicted octanol–water partition coefficient (Wildman–Crippen LogP) is 4.26. The van der Waals surface area contributed by atoms with Crippen LogP contribution < -0.4 is 5.32 Å². The van der Waals surface area contributed by atoms with E-state index in [1.54, 1.807) is 0 Å². The molecule has 1 fully saturated rings. The number of unbranched alkanes of at least 4 members (excludes halogenated alkanes) is 4. The summed E-state index contributed by atoms with van der Waals surface area (Å²) in [6.07, 6.45) is 11.4. The highest BCUT2D eigenvalue weighted by Gasteiger charge is 2.20. The molecule has 2 nitrogen and oxygen atoms in total. The normalized spacial score (nSPS) is 23.9. The van der Waals surface area contributed by atoms with E-state index in [0.29, 0.717) is 17.7 Å². The number of rotatable bonds is 8. The van der Waals surface area contributed by atoms with Crippen molar-refractivity contribution < 1.29 is 4.79 Å². The third kappa shape index (κ3) is 7.25. The first kappa shape index (κ1) is 15.8. The Balaban J connectivity index is 1.99. The maximum atomic E-state index is 11.7. The molecule has 1 aliphatic carbocycles. The number of amides is 1. The molecule has 1 amide bonds. The average Bonchev–Trinajstić information content (AvgIpc) is 2.36. The van der Waals surface area contributed by atoms with Crippen LogP contribution in [0.15, 0.2) is 0 Å². The number of carbonyl (C=O) groups excluding carboxylic acids is 1. The Morgan fingerprint density at radius 1 is 1.22 bits per heavy atom. The fraction of sp³-hybridized carbons (Fsp3) is 0.933. The van der Waals surface area contributed by atoms with Crippen LogP contribution >= 0.6 is 11.6 Å². The predicted molar refractivity (Wildman–Crippen MR) is 78.0 cm³/mol. The monoisotopic (exact) mass is 273 g/mol. The molecule has 0 heterocycles. The van der Waals surface area contributed by atoms with Gasteiger partial charge in [0.15, 0.2) is 0 Å². The maximum Gasteiger partial charge on any atom is 0.220 e. The van der Waals surface area contributed by atoms with Crippen molar-refractivity contribution in [3.05, 3.63) is 0 Å². The summed E-state index contributed by atoms with van der Waals surface area (Å²) in [7, 11) is 0. The standard InChI is InChI=1S/C15H28ClNO/c1-2-3-4-5-6-10-15(18)17-12-13-8-7-9-14(16)11-13/h13-14H,2-12H2,1H3,(H,17,18). The second kappa shape index (κ2) is 9.66. The van der Waals surface area contributed by atoms with Crippen LogP contribution in [-0.4, -0.2) is 17.8 Å². The van der Waals surface area contributed by atoms with Crippen molar-refractivity contribution in [1.29, 1.82) is 0 Å². The van der Waals surface area contributed by atoms with Crippen LogP contribution in [0, 0.1) is 5.92 Å². The highest BCUT2D eigenvalue weighted by molar-refractivity contribution is 6.20. The van der Waals surface area contributed by atoms with Gasteiger partial charge in [-0.25, -0.2) is 0 Å². The summed E-state index contributed by atoms with van der Waals surface area (Å²) in [4.78, 5) is 11.7. The quantitative estimate of drug-likeness (QED) is 0.520. The van der Waals surface area contributed by atoms with Crippen LogP contribution in [-0.2, 0) is 4.79 Å². The van der Waals surface area contributed by atoms with E-state index >= 15 is 0 Å². The molecule has 1 saturated carbocycles. The molecule has 1 aliphatic rings. The van der Waals surface area contributed by atoms with Gasteiger partial charge in [0, 0.05) is 18.3 Å². The lowest BCUT2D eigenvalue weighted by Gasteiger charge is -2.25. The zero-order valence-corrected chi connectivity index (χ0v) is 12.5. The Labute approximate surface area is 117 Å². The number of hydrogen-bond acceptors (Lipinski definition) is 1. The summed E-state index contributed by atoms with van der Waals surface area (Å²) in [5.41, 5.74) is 0. The van der Waals surface area contributed by atoms with Crippen molar-refractivity contribution in [1.82, 2.24) is 5.32 Å². The minimum atomic E-state index is 0.225.